The van der Waals surface area contributed by atoms with Crippen molar-refractivity contribution in [1.82, 2.24) is 0 Å². The van der Waals surface area contributed by atoms with Crippen LogP contribution in [0.1, 0.15) is 23.2 Å². The third-order valence-corrected chi connectivity index (χ3v) is 2.92. The highest BCUT2D eigenvalue weighted by Gasteiger charge is 2.35. The zero-order valence-electron chi connectivity index (χ0n) is 10.3. The van der Waals surface area contributed by atoms with E-state index in [1.807, 2.05) is 0 Å². The Kier molecular flexibility index (Phi) is 3.59. The molecule has 0 unspecified atom stereocenters. The van der Waals surface area contributed by atoms with Crippen LogP contribution in [0.15, 0.2) is 18.2 Å². The number of anilines is 1. The molecule has 2 rings (SSSR count). The second kappa shape index (κ2) is 5.17. The third kappa shape index (κ3) is 2.47. The predicted octanol–water partition coefficient (Wildman–Crippen LogP) is 1.31. The molecule has 5 nitrogen and oxygen atoms in total. The van der Waals surface area contributed by atoms with Crippen LogP contribution in [0.2, 0.25) is 0 Å². The van der Waals surface area contributed by atoms with Crippen molar-refractivity contribution in [2.45, 2.75) is 12.8 Å². The van der Waals surface area contributed by atoms with Gasteiger partial charge in [0.25, 0.3) is 11.7 Å². The van der Waals surface area contributed by atoms with E-state index in [0.717, 1.165) is 6.07 Å². The van der Waals surface area contributed by atoms with Crippen molar-refractivity contribution in [2.24, 2.45) is 0 Å². The summed E-state index contributed by atoms with van der Waals surface area (Å²) >= 11 is 0. The van der Waals surface area contributed by atoms with E-state index in [1.165, 1.54) is 24.1 Å². The summed E-state index contributed by atoms with van der Waals surface area (Å²) in [5.74, 6) is -2.34. The van der Waals surface area contributed by atoms with Gasteiger partial charge < -0.3 is 9.64 Å². The molecule has 0 fully saturated rings. The molecule has 1 aliphatic rings. The number of carbonyl (C=O) groups is 3. The number of fused-ring (bicyclic) bond motifs is 1. The predicted molar refractivity (Wildman–Crippen MR) is 64.3 cm³/mol. The lowest BCUT2D eigenvalue weighted by molar-refractivity contribution is -0.140. The number of nitrogens with zero attached hydrogens (tertiary/aromatic N) is 1. The molecule has 0 saturated carbocycles. The minimum Gasteiger partial charge on any atom is -0.469 e. The molecule has 1 aliphatic heterocycles. The Hall–Kier alpha value is -2.24. The summed E-state index contributed by atoms with van der Waals surface area (Å²) in [5.41, 5.74) is 0.462. The number of methoxy groups -OCH3 is 1. The van der Waals surface area contributed by atoms with E-state index in [1.54, 1.807) is 0 Å². The van der Waals surface area contributed by atoms with Gasteiger partial charge in [-0.25, -0.2) is 4.39 Å². The normalized spacial score (nSPS) is 13.7. The Balaban J connectivity index is 2.13. The number of Topliss-reactive ketones (excluding diaryl/α,β-unsaturated/α-hetero) is 1. The number of esters is 1. The van der Waals surface area contributed by atoms with Crippen molar-refractivity contribution >= 4 is 23.3 Å². The molecule has 0 aliphatic carbocycles. The van der Waals surface area contributed by atoms with Gasteiger partial charge in [0.15, 0.2) is 0 Å². The Bertz CT molecular complexity index is 556. The van der Waals surface area contributed by atoms with Gasteiger partial charge in [0, 0.05) is 13.0 Å². The van der Waals surface area contributed by atoms with E-state index in [0.29, 0.717) is 12.1 Å². The highest BCUT2D eigenvalue weighted by Crippen LogP contribution is 2.29. The minimum atomic E-state index is -0.715. The second-order valence-corrected chi connectivity index (χ2v) is 4.13. The van der Waals surface area contributed by atoms with Crippen molar-refractivity contribution in [3.63, 3.8) is 0 Å². The van der Waals surface area contributed by atoms with Crippen molar-refractivity contribution < 1.29 is 23.5 Å². The molecule has 1 heterocycles. The highest BCUT2D eigenvalue weighted by molar-refractivity contribution is 6.52. The number of amides is 1. The number of ether oxygens (including phenoxy) is 1. The smallest absolute Gasteiger partial charge is 0.305 e. The van der Waals surface area contributed by atoms with Gasteiger partial charge in [-0.1, -0.05) is 0 Å². The molecular weight excluding hydrogens is 253 g/mol. The number of rotatable bonds is 4. The van der Waals surface area contributed by atoms with Gasteiger partial charge in [0.05, 0.1) is 18.4 Å². The third-order valence-electron chi connectivity index (χ3n) is 2.92. The van der Waals surface area contributed by atoms with E-state index in [2.05, 4.69) is 4.74 Å². The summed E-state index contributed by atoms with van der Waals surface area (Å²) in [6.07, 6.45) is 0.535. The number of halogens is 1. The maximum atomic E-state index is 13.0. The molecule has 1 amide bonds. The van der Waals surface area contributed by atoms with Crippen LogP contribution in [0, 0.1) is 5.82 Å². The molecule has 19 heavy (non-hydrogen) atoms. The van der Waals surface area contributed by atoms with Crippen molar-refractivity contribution in [1.29, 1.82) is 0 Å². The Labute approximate surface area is 109 Å². The number of ketones is 1. The van der Waals surface area contributed by atoms with Crippen molar-refractivity contribution in [2.75, 3.05) is 18.6 Å². The lowest BCUT2D eigenvalue weighted by Crippen LogP contribution is -2.31. The number of benzene rings is 1. The van der Waals surface area contributed by atoms with Crippen LogP contribution in [-0.4, -0.2) is 31.3 Å². The maximum absolute atomic E-state index is 13.0. The van der Waals surface area contributed by atoms with Crippen LogP contribution in [0.5, 0.6) is 0 Å². The molecule has 0 spiro atoms. The Morgan fingerprint density at radius 2 is 2.11 bits per heavy atom. The first-order chi connectivity index (χ1) is 9.04. The fraction of sp³-hybridized carbons (Fsp3) is 0.308. The molecule has 1 aromatic carbocycles. The molecule has 6 heteroatoms. The molecule has 0 bridgehead atoms. The number of hydrogen-bond donors (Lipinski definition) is 0. The monoisotopic (exact) mass is 265 g/mol. The Morgan fingerprint density at radius 1 is 1.37 bits per heavy atom. The first-order valence-electron chi connectivity index (χ1n) is 5.77. The van der Waals surface area contributed by atoms with Gasteiger partial charge in [-0.05, 0) is 24.6 Å². The summed E-state index contributed by atoms with van der Waals surface area (Å²) < 4.78 is 17.5. The maximum Gasteiger partial charge on any atom is 0.305 e. The standard InChI is InChI=1S/C13H12FNO4/c1-19-11(16)3-2-6-15-10-5-4-8(14)7-9(10)12(17)13(15)18/h4-5,7H,2-3,6H2,1H3. The molecule has 0 N–H and O–H groups in total. The van der Waals surface area contributed by atoms with Gasteiger partial charge in [-0.2, -0.15) is 0 Å². The molecule has 0 atom stereocenters. The number of carbonyl (C=O) groups excluding carboxylic acids is 3. The van der Waals surface area contributed by atoms with Crippen LogP contribution in [-0.2, 0) is 14.3 Å². The zero-order valence-corrected chi connectivity index (χ0v) is 10.3. The van der Waals surface area contributed by atoms with Gasteiger partial charge in [-0.3, -0.25) is 14.4 Å². The lowest BCUT2D eigenvalue weighted by Gasteiger charge is -2.15. The van der Waals surface area contributed by atoms with Crippen molar-refractivity contribution in [3.05, 3.63) is 29.6 Å². The van der Waals surface area contributed by atoms with Gasteiger partial charge in [0.1, 0.15) is 5.82 Å². The van der Waals surface area contributed by atoms with Crippen LogP contribution in [0.25, 0.3) is 0 Å². The summed E-state index contributed by atoms with van der Waals surface area (Å²) in [6, 6.07) is 3.64. The molecule has 100 valence electrons. The largest absolute Gasteiger partial charge is 0.469 e. The first kappa shape index (κ1) is 13.2. The molecule has 0 aromatic heterocycles. The van der Waals surface area contributed by atoms with Gasteiger partial charge >= 0.3 is 5.97 Å². The average Bonchev–Trinajstić information content (AvgIpc) is 2.63. The fourth-order valence-corrected chi connectivity index (χ4v) is 1.98. The van der Waals surface area contributed by atoms with E-state index >= 15 is 0 Å². The van der Waals surface area contributed by atoms with E-state index in [9.17, 15) is 18.8 Å². The van der Waals surface area contributed by atoms with E-state index in [4.69, 9.17) is 0 Å². The fourth-order valence-electron chi connectivity index (χ4n) is 1.98. The van der Waals surface area contributed by atoms with Crippen LogP contribution in [0.3, 0.4) is 0 Å². The van der Waals surface area contributed by atoms with Crippen LogP contribution < -0.4 is 4.90 Å². The lowest BCUT2D eigenvalue weighted by atomic mass is 10.1. The zero-order chi connectivity index (χ0) is 14.0. The summed E-state index contributed by atoms with van der Waals surface area (Å²) in [4.78, 5) is 35.7. The SMILES string of the molecule is COC(=O)CCCN1C(=O)C(=O)c2cc(F)ccc21. The van der Waals surface area contributed by atoms with Gasteiger partial charge in [-0.15, -0.1) is 0 Å². The van der Waals surface area contributed by atoms with Crippen molar-refractivity contribution in [3.8, 4) is 0 Å². The second-order valence-electron chi connectivity index (χ2n) is 4.13. The van der Waals surface area contributed by atoms with Crippen LogP contribution >= 0.6 is 0 Å². The van der Waals surface area contributed by atoms with E-state index < -0.39 is 17.5 Å². The molecule has 1 aromatic rings. The van der Waals surface area contributed by atoms with E-state index in [-0.39, 0.29) is 24.5 Å². The molecular formula is C13H12FNO4. The van der Waals surface area contributed by atoms with Gasteiger partial charge in [0.2, 0.25) is 0 Å². The first-order valence-corrected chi connectivity index (χ1v) is 5.77. The quantitative estimate of drug-likeness (QED) is 0.608. The average molecular weight is 265 g/mol. The highest BCUT2D eigenvalue weighted by atomic mass is 19.1. The Morgan fingerprint density at radius 3 is 2.79 bits per heavy atom. The minimum absolute atomic E-state index is 0.0723. The number of hydrogen-bond acceptors (Lipinski definition) is 4. The van der Waals surface area contributed by atoms with Crippen LogP contribution in [0.4, 0.5) is 10.1 Å². The summed E-state index contributed by atoms with van der Waals surface area (Å²) in [7, 11) is 1.28. The molecule has 0 radical (unpaired) electrons. The summed E-state index contributed by atoms with van der Waals surface area (Å²) in [5, 5.41) is 0. The molecule has 0 saturated heterocycles. The summed E-state index contributed by atoms with van der Waals surface area (Å²) in [6.45, 7) is 0.221. The topological polar surface area (TPSA) is 63.7 Å².